The average Bonchev–Trinajstić information content (AvgIpc) is 2.79. The minimum absolute atomic E-state index is 0.136. The first kappa shape index (κ1) is 29.1. The zero-order chi connectivity index (χ0) is 27.5. The van der Waals surface area contributed by atoms with E-state index in [1.54, 1.807) is 32.1 Å². The number of halogens is 6. The molecule has 1 fully saturated rings. The SMILES string of the molecule is CCOC(=O)[C@@H](C)Cc1ccc(Cl)c(NC(=O)[C@H](C2C=CC(C3CC(F)(F)C3)=CC2)[C@@H](C)C(F)(F)F)c1. The Morgan fingerprint density at radius 2 is 1.89 bits per heavy atom. The summed E-state index contributed by atoms with van der Waals surface area (Å²) in [6, 6.07) is 4.72. The Morgan fingerprint density at radius 3 is 2.43 bits per heavy atom. The molecule has 0 spiro atoms. The van der Waals surface area contributed by atoms with Crippen molar-refractivity contribution in [3.63, 3.8) is 0 Å². The summed E-state index contributed by atoms with van der Waals surface area (Å²) in [7, 11) is 0. The molecule has 1 amide bonds. The molecule has 2 aliphatic carbocycles. The average molecular weight is 548 g/mol. The molecule has 0 aliphatic heterocycles. The van der Waals surface area contributed by atoms with Crippen molar-refractivity contribution in [2.45, 2.75) is 58.6 Å². The first-order valence-corrected chi connectivity index (χ1v) is 12.7. The van der Waals surface area contributed by atoms with Crippen LogP contribution in [0.1, 0.15) is 45.6 Å². The van der Waals surface area contributed by atoms with Crippen LogP contribution in [-0.4, -0.2) is 30.6 Å². The van der Waals surface area contributed by atoms with Crippen LogP contribution in [0.4, 0.5) is 27.6 Å². The van der Waals surface area contributed by atoms with Crippen molar-refractivity contribution in [1.82, 2.24) is 0 Å². The number of alkyl halides is 5. The lowest BCUT2D eigenvalue weighted by Gasteiger charge is -2.38. The molecule has 0 saturated heterocycles. The highest BCUT2D eigenvalue weighted by Crippen LogP contribution is 2.48. The van der Waals surface area contributed by atoms with Crippen LogP contribution < -0.4 is 5.32 Å². The molecule has 1 aromatic rings. The molecule has 10 heteroatoms. The Kier molecular flexibility index (Phi) is 9.09. The molecule has 1 aromatic carbocycles. The fraction of sp³-hybridized carbons (Fsp3) is 0.556. The number of esters is 1. The van der Waals surface area contributed by atoms with Crippen molar-refractivity contribution >= 4 is 29.2 Å². The number of hydrogen-bond acceptors (Lipinski definition) is 3. The molecule has 0 radical (unpaired) electrons. The second-order valence-corrected chi connectivity index (χ2v) is 10.3. The van der Waals surface area contributed by atoms with Crippen molar-refractivity contribution in [3.8, 4) is 0 Å². The van der Waals surface area contributed by atoms with Gasteiger partial charge < -0.3 is 10.1 Å². The van der Waals surface area contributed by atoms with Crippen LogP contribution in [0.5, 0.6) is 0 Å². The third-order valence-electron chi connectivity index (χ3n) is 7.06. The Labute approximate surface area is 218 Å². The molecule has 4 atom stereocenters. The molecule has 0 aromatic heterocycles. The maximum Gasteiger partial charge on any atom is 0.392 e. The summed E-state index contributed by atoms with van der Waals surface area (Å²) in [6.45, 7) is 4.59. The van der Waals surface area contributed by atoms with Gasteiger partial charge in [-0.3, -0.25) is 9.59 Å². The Morgan fingerprint density at radius 1 is 1.22 bits per heavy atom. The molecule has 0 bridgehead atoms. The molecule has 0 heterocycles. The maximum absolute atomic E-state index is 13.8. The number of ether oxygens (including phenoxy) is 1. The van der Waals surface area contributed by atoms with Crippen molar-refractivity contribution in [2.24, 2.45) is 29.6 Å². The number of carbonyl (C=O) groups excluding carboxylic acids is 2. The van der Waals surface area contributed by atoms with Gasteiger partial charge in [0.25, 0.3) is 0 Å². The highest BCUT2D eigenvalue weighted by Gasteiger charge is 2.49. The van der Waals surface area contributed by atoms with Gasteiger partial charge in [-0.2, -0.15) is 13.2 Å². The molecule has 2 aliphatic rings. The summed E-state index contributed by atoms with van der Waals surface area (Å²) in [5.41, 5.74) is 1.47. The predicted octanol–water partition coefficient (Wildman–Crippen LogP) is 7.38. The summed E-state index contributed by atoms with van der Waals surface area (Å²) < 4.78 is 72.8. The summed E-state index contributed by atoms with van der Waals surface area (Å²) >= 11 is 6.24. The normalized spacial score (nSPS) is 21.9. The van der Waals surface area contributed by atoms with E-state index in [9.17, 15) is 31.5 Å². The Balaban J connectivity index is 1.77. The van der Waals surface area contributed by atoms with Crippen molar-refractivity contribution in [1.29, 1.82) is 0 Å². The molecule has 37 heavy (non-hydrogen) atoms. The fourth-order valence-electron chi connectivity index (χ4n) is 4.85. The molecule has 1 N–H and O–H groups in total. The van der Waals surface area contributed by atoms with Gasteiger partial charge in [0.05, 0.1) is 35.1 Å². The van der Waals surface area contributed by atoms with E-state index in [0.29, 0.717) is 17.6 Å². The number of allylic oxidation sites excluding steroid dienone is 4. The monoisotopic (exact) mass is 547 g/mol. The molecular formula is C27H31ClF5NO3. The van der Waals surface area contributed by atoms with Crippen LogP contribution in [0.2, 0.25) is 5.02 Å². The van der Waals surface area contributed by atoms with Crippen LogP contribution in [0.15, 0.2) is 42.0 Å². The third kappa shape index (κ3) is 7.33. The van der Waals surface area contributed by atoms with Crippen LogP contribution in [0.3, 0.4) is 0 Å². The van der Waals surface area contributed by atoms with Crippen LogP contribution in [0, 0.1) is 29.6 Å². The molecular weight excluding hydrogens is 517 g/mol. The van der Waals surface area contributed by atoms with E-state index < -0.39 is 41.7 Å². The van der Waals surface area contributed by atoms with E-state index in [-0.39, 0.29) is 48.5 Å². The van der Waals surface area contributed by atoms with E-state index in [2.05, 4.69) is 5.32 Å². The summed E-state index contributed by atoms with van der Waals surface area (Å²) in [4.78, 5) is 25.2. The van der Waals surface area contributed by atoms with Crippen LogP contribution in [0.25, 0.3) is 0 Å². The smallest absolute Gasteiger partial charge is 0.392 e. The lowest BCUT2D eigenvalue weighted by molar-refractivity contribution is -0.188. The van der Waals surface area contributed by atoms with Gasteiger partial charge in [0.2, 0.25) is 11.8 Å². The van der Waals surface area contributed by atoms with E-state index in [1.165, 1.54) is 18.2 Å². The minimum Gasteiger partial charge on any atom is -0.466 e. The lowest BCUT2D eigenvalue weighted by Crippen LogP contribution is -2.41. The van der Waals surface area contributed by atoms with E-state index >= 15 is 0 Å². The predicted molar refractivity (Wildman–Crippen MR) is 131 cm³/mol. The molecule has 4 nitrogen and oxygen atoms in total. The maximum atomic E-state index is 13.8. The van der Waals surface area contributed by atoms with Gasteiger partial charge in [0, 0.05) is 12.8 Å². The third-order valence-corrected chi connectivity index (χ3v) is 7.39. The number of nitrogens with one attached hydrogen (secondary N) is 1. The van der Waals surface area contributed by atoms with Gasteiger partial charge in [-0.1, -0.05) is 49.7 Å². The number of anilines is 1. The number of carbonyl (C=O) groups is 2. The summed E-state index contributed by atoms with van der Waals surface area (Å²) in [5, 5.41) is 2.70. The van der Waals surface area contributed by atoms with Gasteiger partial charge in [-0.25, -0.2) is 8.78 Å². The largest absolute Gasteiger partial charge is 0.466 e. The number of rotatable bonds is 9. The van der Waals surface area contributed by atoms with Crippen LogP contribution in [-0.2, 0) is 20.7 Å². The summed E-state index contributed by atoms with van der Waals surface area (Å²) in [5.74, 6) is -8.92. The van der Waals surface area contributed by atoms with Gasteiger partial charge >= 0.3 is 12.1 Å². The van der Waals surface area contributed by atoms with Gasteiger partial charge in [0.15, 0.2) is 0 Å². The van der Waals surface area contributed by atoms with E-state index in [0.717, 1.165) is 6.92 Å². The zero-order valence-electron chi connectivity index (χ0n) is 20.9. The fourth-order valence-corrected chi connectivity index (χ4v) is 5.01. The van der Waals surface area contributed by atoms with Crippen molar-refractivity contribution in [2.75, 3.05) is 11.9 Å². The van der Waals surface area contributed by atoms with Gasteiger partial charge in [-0.05, 0) is 54.9 Å². The minimum atomic E-state index is -4.63. The highest BCUT2D eigenvalue weighted by atomic mass is 35.5. The lowest BCUT2D eigenvalue weighted by atomic mass is 9.71. The van der Waals surface area contributed by atoms with E-state index in [1.807, 2.05) is 0 Å². The highest BCUT2D eigenvalue weighted by molar-refractivity contribution is 6.33. The van der Waals surface area contributed by atoms with Crippen molar-refractivity contribution in [3.05, 3.63) is 52.6 Å². The molecule has 1 unspecified atom stereocenters. The summed E-state index contributed by atoms with van der Waals surface area (Å²) in [6.07, 6.45) is 0.00631. The molecule has 1 saturated carbocycles. The Bertz CT molecular complexity index is 1060. The van der Waals surface area contributed by atoms with Crippen molar-refractivity contribution < 1.29 is 36.3 Å². The molecule has 204 valence electrons. The van der Waals surface area contributed by atoms with E-state index in [4.69, 9.17) is 16.3 Å². The first-order valence-electron chi connectivity index (χ1n) is 12.3. The zero-order valence-corrected chi connectivity index (χ0v) is 21.6. The number of benzene rings is 1. The second-order valence-electron chi connectivity index (χ2n) is 9.94. The number of amides is 1. The van der Waals surface area contributed by atoms with Gasteiger partial charge in [-0.15, -0.1) is 0 Å². The topological polar surface area (TPSA) is 55.4 Å². The quantitative estimate of drug-likeness (QED) is 0.259. The molecule has 3 rings (SSSR count). The number of hydrogen-bond donors (Lipinski definition) is 1. The Hall–Kier alpha value is -2.42. The van der Waals surface area contributed by atoms with Gasteiger partial charge in [0.1, 0.15) is 0 Å². The second kappa shape index (κ2) is 11.5. The van der Waals surface area contributed by atoms with Crippen LogP contribution >= 0.6 is 11.6 Å². The first-order chi connectivity index (χ1) is 17.2. The standard InChI is InChI=1S/C27H31ClF5NO3/c1-4-37-25(36)15(2)11-17-5-10-21(28)22(12-17)34-24(35)23(16(3)27(31,32)33)19-8-6-18(7-9-19)20-13-26(29,30)14-20/h5-8,10,12,15-16,19-20,23H,4,9,11,13-14H2,1-3H3,(H,34,35)/t15-,16+,19?,23-/m0/s1.